The average Bonchev–Trinajstić information content (AvgIpc) is 3.37. The van der Waals surface area contributed by atoms with Gasteiger partial charge in [0.2, 0.25) is 0 Å². The van der Waals surface area contributed by atoms with E-state index in [4.69, 9.17) is 0 Å². The fourth-order valence-electron chi connectivity index (χ4n) is 4.43. The Hall–Kier alpha value is -3.77. The number of nitrogens with zero attached hydrogens (tertiary/aromatic N) is 3. The third-order valence-electron chi connectivity index (χ3n) is 6.17. The minimum Gasteiger partial charge on any atom is -0.347 e. The summed E-state index contributed by atoms with van der Waals surface area (Å²) in [6, 6.07) is 24.5. The van der Waals surface area contributed by atoms with Crippen molar-refractivity contribution in [2.45, 2.75) is 25.9 Å². The van der Waals surface area contributed by atoms with Crippen LogP contribution >= 0.6 is 0 Å². The van der Waals surface area contributed by atoms with Gasteiger partial charge in [0.25, 0.3) is 11.5 Å². The summed E-state index contributed by atoms with van der Waals surface area (Å²) >= 11 is 0. The summed E-state index contributed by atoms with van der Waals surface area (Å²) in [5.74, 6) is -0.299. The molecule has 1 fully saturated rings. The van der Waals surface area contributed by atoms with Crippen molar-refractivity contribution < 1.29 is 4.79 Å². The van der Waals surface area contributed by atoms with E-state index in [0.717, 1.165) is 25.2 Å². The van der Waals surface area contributed by atoms with Crippen LogP contribution in [0.15, 0.2) is 83.7 Å². The van der Waals surface area contributed by atoms with E-state index in [1.54, 1.807) is 30.3 Å². The number of rotatable bonds is 6. The summed E-state index contributed by atoms with van der Waals surface area (Å²) in [6.07, 6.45) is 2.49. The Kier molecular flexibility index (Phi) is 6.00. The standard InChI is InChI=1S/C27H26N4O2/c32-26(28-18-20-10-4-5-11-21(20)19-30-16-8-9-17-30)25-23-14-6-7-15-24(23)27(33)31(29-25)22-12-2-1-3-13-22/h1-7,10-15H,8-9,16-19H2,(H,28,32). The second kappa shape index (κ2) is 9.38. The number of carbonyl (C=O) groups excluding carboxylic acids is 1. The van der Waals surface area contributed by atoms with Gasteiger partial charge in [-0.25, -0.2) is 0 Å². The Labute approximate surface area is 192 Å². The van der Waals surface area contributed by atoms with Gasteiger partial charge < -0.3 is 5.32 Å². The molecule has 0 unspecified atom stereocenters. The Morgan fingerprint density at radius 3 is 2.21 bits per heavy atom. The van der Waals surface area contributed by atoms with Crippen LogP contribution in [0.25, 0.3) is 16.5 Å². The van der Waals surface area contributed by atoms with Crippen molar-refractivity contribution in [1.82, 2.24) is 20.0 Å². The van der Waals surface area contributed by atoms with Gasteiger partial charge in [-0.05, 0) is 55.3 Å². The largest absolute Gasteiger partial charge is 0.347 e. The molecular formula is C27H26N4O2. The topological polar surface area (TPSA) is 67.2 Å². The van der Waals surface area contributed by atoms with Crippen molar-refractivity contribution in [1.29, 1.82) is 0 Å². The second-order valence-corrected chi connectivity index (χ2v) is 8.38. The van der Waals surface area contributed by atoms with Gasteiger partial charge in [-0.1, -0.05) is 60.7 Å². The van der Waals surface area contributed by atoms with Gasteiger partial charge in [-0.3, -0.25) is 14.5 Å². The summed E-state index contributed by atoms with van der Waals surface area (Å²) in [7, 11) is 0. The number of para-hydroxylation sites is 1. The molecule has 2 heterocycles. The number of hydrogen-bond donors (Lipinski definition) is 1. The average molecular weight is 439 g/mol. The number of likely N-dealkylation sites (tertiary alicyclic amines) is 1. The van der Waals surface area contributed by atoms with E-state index in [2.05, 4.69) is 27.4 Å². The van der Waals surface area contributed by atoms with Crippen LogP contribution in [0.1, 0.15) is 34.5 Å². The first kappa shape index (κ1) is 21.1. The zero-order valence-electron chi connectivity index (χ0n) is 18.4. The van der Waals surface area contributed by atoms with E-state index < -0.39 is 0 Å². The Bertz CT molecular complexity index is 1340. The van der Waals surface area contributed by atoms with Crippen LogP contribution in [0.3, 0.4) is 0 Å². The maximum atomic E-state index is 13.3. The summed E-state index contributed by atoms with van der Waals surface area (Å²) in [5.41, 5.74) is 2.94. The number of amides is 1. The van der Waals surface area contributed by atoms with Crippen molar-refractivity contribution in [2.24, 2.45) is 0 Å². The summed E-state index contributed by atoms with van der Waals surface area (Å²) < 4.78 is 1.30. The smallest absolute Gasteiger partial charge is 0.279 e. The zero-order valence-corrected chi connectivity index (χ0v) is 18.4. The van der Waals surface area contributed by atoms with Crippen LogP contribution in [0, 0.1) is 0 Å². The highest BCUT2D eigenvalue weighted by Gasteiger charge is 2.18. The van der Waals surface area contributed by atoms with Gasteiger partial charge in [0.1, 0.15) is 0 Å². The van der Waals surface area contributed by atoms with Crippen LogP contribution in [-0.4, -0.2) is 33.7 Å². The van der Waals surface area contributed by atoms with Crippen molar-refractivity contribution in [3.05, 3.63) is 106 Å². The Morgan fingerprint density at radius 1 is 0.818 bits per heavy atom. The van der Waals surface area contributed by atoms with Gasteiger partial charge in [0.05, 0.1) is 11.1 Å². The van der Waals surface area contributed by atoms with Crippen LogP contribution in [-0.2, 0) is 13.1 Å². The fourth-order valence-corrected chi connectivity index (χ4v) is 4.43. The number of hydrogen-bond acceptors (Lipinski definition) is 4. The molecule has 166 valence electrons. The predicted octanol–water partition coefficient (Wildman–Crippen LogP) is 3.91. The van der Waals surface area contributed by atoms with Crippen molar-refractivity contribution in [3.63, 3.8) is 0 Å². The van der Waals surface area contributed by atoms with Gasteiger partial charge in [-0.15, -0.1) is 0 Å². The first-order valence-electron chi connectivity index (χ1n) is 11.4. The zero-order chi connectivity index (χ0) is 22.6. The first-order chi connectivity index (χ1) is 16.2. The molecule has 6 heteroatoms. The number of benzene rings is 3. The van der Waals surface area contributed by atoms with Gasteiger partial charge in [0, 0.05) is 18.5 Å². The molecule has 1 N–H and O–H groups in total. The van der Waals surface area contributed by atoms with Crippen LogP contribution in [0.4, 0.5) is 0 Å². The second-order valence-electron chi connectivity index (χ2n) is 8.38. The minimum absolute atomic E-state index is 0.242. The van der Waals surface area contributed by atoms with E-state index in [9.17, 15) is 9.59 Å². The summed E-state index contributed by atoms with van der Waals surface area (Å²) in [5, 5.41) is 8.53. The lowest BCUT2D eigenvalue weighted by molar-refractivity contribution is 0.0946. The quantitative estimate of drug-likeness (QED) is 0.496. The Balaban J connectivity index is 1.45. The molecule has 1 aliphatic rings. The first-order valence-corrected chi connectivity index (χ1v) is 11.4. The molecule has 1 aromatic heterocycles. The van der Waals surface area contributed by atoms with E-state index in [0.29, 0.717) is 23.0 Å². The van der Waals surface area contributed by atoms with Crippen molar-refractivity contribution in [2.75, 3.05) is 13.1 Å². The number of carbonyl (C=O) groups is 1. The molecule has 3 aromatic carbocycles. The predicted molar refractivity (Wildman–Crippen MR) is 129 cm³/mol. The van der Waals surface area contributed by atoms with E-state index in [1.165, 1.54) is 23.1 Å². The molecule has 6 nitrogen and oxygen atoms in total. The third kappa shape index (κ3) is 4.43. The monoisotopic (exact) mass is 438 g/mol. The van der Waals surface area contributed by atoms with E-state index >= 15 is 0 Å². The van der Waals surface area contributed by atoms with Crippen molar-refractivity contribution >= 4 is 16.7 Å². The fraction of sp³-hybridized carbons (Fsp3) is 0.222. The van der Waals surface area contributed by atoms with Crippen LogP contribution in [0.5, 0.6) is 0 Å². The normalized spacial score (nSPS) is 13.9. The van der Waals surface area contributed by atoms with Crippen LogP contribution < -0.4 is 10.9 Å². The highest BCUT2D eigenvalue weighted by atomic mass is 16.2. The number of nitrogens with one attached hydrogen (secondary N) is 1. The van der Waals surface area contributed by atoms with Crippen LogP contribution in [0.2, 0.25) is 0 Å². The molecule has 0 radical (unpaired) electrons. The molecule has 5 rings (SSSR count). The molecule has 0 aliphatic carbocycles. The highest BCUT2D eigenvalue weighted by molar-refractivity contribution is 6.04. The molecule has 4 aromatic rings. The van der Waals surface area contributed by atoms with Crippen molar-refractivity contribution in [3.8, 4) is 5.69 Å². The molecular weight excluding hydrogens is 412 g/mol. The molecule has 1 saturated heterocycles. The highest BCUT2D eigenvalue weighted by Crippen LogP contribution is 2.18. The lowest BCUT2D eigenvalue weighted by atomic mass is 10.1. The number of aromatic nitrogens is 2. The Morgan fingerprint density at radius 2 is 1.45 bits per heavy atom. The lowest BCUT2D eigenvalue weighted by Crippen LogP contribution is -2.30. The third-order valence-corrected chi connectivity index (χ3v) is 6.17. The lowest BCUT2D eigenvalue weighted by Gasteiger charge is -2.18. The molecule has 1 amide bonds. The molecule has 1 aliphatic heterocycles. The van der Waals surface area contributed by atoms with Gasteiger partial charge in [0.15, 0.2) is 5.69 Å². The van der Waals surface area contributed by atoms with E-state index in [1.807, 2.05) is 36.4 Å². The molecule has 0 bridgehead atoms. The number of fused-ring (bicyclic) bond motifs is 1. The molecule has 33 heavy (non-hydrogen) atoms. The summed E-state index contributed by atoms with van der Waals surface area (Å²) in [6.45, 7) is 3.55. The maximum Gasteiger partial charge on any atom is 0.279 e. The molecule has 0 atom stereocenters. The molecule has 0 saturated carbocycles. The summed E-state index contributed by atoms with van der Waals surface area (Å²) in [4.78, 5) is 28.8. The minimum atomic E-state index is -0.299. The maximum absolute atomic E-state index is 13.3. The SMILES string of the molecule is O=C(NCc1ccccc1CN1CCCC1)c1nn(-c2ccccc2)c(=O)c2ccccc12. The van der Waals surface area contributed by atoms with E-state index in [-0.39, 0.29) is 17.2 Å². The molecule has 0 spiro atoms. The van der Waals surface area contributed by atoms with Gasteiger partial charge in [-0.2, -0.15) is 9.78 Å². The van der Waals surface area contributed by atoms with Gasteiger partial charge >= 0.3 is 0 Å².